The highest BCUT2D eigenvalue weighted by Crippen LogP contribution is 2.29. The Morgan fingerprint density at radius 3 is 2.42 bits per heavy atom. The van der Waals surface area contributed by atoms with Crippen LogP contribution in [0.1, 0.15) is 35.2 Å². The molecule has 0 radical (unpaired) electrons. The Morgan fingerprint density at radius 2 is 1.79 bits per heavy atom. The summed E-state index contributed by atoms with van der Waals surface area (Å²) in [6, 6.07) is 14.9. The van der Waals surface area contributed by atoms with Crippen LogP contribution in [-0.2, 0) is 26.6 Å². The molecule has 0 saturated carbocycles. The van der Waals surface area contributed by atoms with Gasteiger partial charge in [0.15, 0.2) is 0 Å². The van der Waals surface area contributed by atoms with Crippen molar-refractivity contribution in [3.63, 3.8) is 0 Å². The lowest BCUT2D eigenvalue weighted by Crippen LogP contribution is -2.45. The average molecular weight is 451 g/mol. The summed E-state index contributed by atoms with van der Waals surface area (Å²) < 4.78 is 16.4. The van der Waals surface area contributed by atoms with Crippen LogP contribution < -0.4 is 0 Å². The first-order valence-corrected chi connectivity index (χ1v) is 11.8. The van der Waals surface area contributed by atoms with E-state index < -0.39 is 0 Å². The Hall–Kier alpha value is -2.70. The normalized spacial score (nSPS) is 16.4. The number of hydrogen-bond donors (Lipinski definition) is 1. The zero-order chi connectivity index (χ0) is 23.4. The van der Waals surface area contributed by atoms with Crippen molar-refractivity contribution in [2.45, 2.75) is 45.3 Å². The smallest absolute Gasteiger partial charge is 0.126 e. The molecule has 6 heteroatoms. The van der Waals surface area contributed by atoms with E-state index in [4.69, 9.17) is 0 Å². The molecule has 33 heavy (non-hydrogen) atoms. The van der Waals surface area contributed by atoms with Gasteiger partial charge in [-0.05, 0) is 81.6 Å². The molecule has 1 aromatic heterocycles. The van der Waals surface area contributed by atoms with Gasteiger partial charge >= 0.3 is 0 Å². The molecule has 2 aromatic carbocycles. The first-order chi connectivity index (χ1) is 15.9. The topological polar surface area (TPSA) is 44.5 Å². The average Bonchev–Trinajstić information content (AvgIpc) is 3.11. The van der Waals surface area contributed by atoms with Crippen LogP contribution in [0, 0.1) is 18.7 Å². The van der Waals surface area contributed by atoms with Crippen LogP contribution in [-0.4, -0.2) is 50.9 Å². The molecule has 1 atom stereocenters. The van der Waals surface area contributed by atoms with E-state index in [0.29, 0.717) is 18.1 Å². The molecule has 5 nitrogen and oxygen atoms in total. The van der Waals surface area contributed by atoms with Gasteiger partial charge in [-0.2, -0.15) is 5.10 Å². The highest BCUT2D eigenvalue weighted by atomic mass is 19.1. The quantitative estimate of drug-likeness (QED) is 0.548. The second-order valence-electron chi connectivity index (χ2n) is 9.47. The number of piperidine rings is 1. The summed E-state index contributed by atoms with van der Waals surface area (Å²) in [5, 5.41) is 14.0. The van der Waals surface area contributed by atoms with Crippen molar-refractivity contribution < 1.29 is 9.50 Å². The minimum atomic E-state index is -0.113. The lowest BCUT2D eigenvalue weighted by molar-refractivity contribution is 0.0948. The van der Waals surface area contributed by atoms with E-state index in [9.17, 15) is 9.50 Å². The van der Waals surface area contributed by atoms with Crippen molar-refractivity contribution in [3.05, 3.63) is 82.9 Å². The van der Waals surface area contributed by atoms with Gasteiger partial charge in [-0.3, -0.25) is 14.5 Å². The maximum absolute atomic E-state index is 14.5. The van der Waals surface area contributed by atoms with Crippen LogP contribution in [0.25, 0.3) is 0 Å². The summed E-state index contributed by atoms with van der Waals surface area (Å²) in [5.74, 6) is 0.696. The number of likely N-dealkylation sites (N-methyl/N-ethyl adjacent to an activating group) is 1. The fourth-order valence-electron chi connectivity index (χ4n) is 5.12. The van der Waals surface area contributed by atoms with Crippen LogP contribution in [0.15, 0.2) is 54.7 Å². The Balaban J connectivity index is 1.45. The van der Waals surface area contributed by atoms with Crippen LogP contribution in [0.5, 0.6) is 5.75 Å². The lowest BCUT2D eigenvalue weighted by atomic mass is 9.84. The van der Waals surface area contributed by atoms with E-state index in [0.717, 1.165) is 50.3 Å². The van der Waals surface area contributed by atoms with Gasteiger partial charge in [0.2, 0.25) is 0 Å². The van der Waals surface area contributed by atoms with Crippen molar-refractivity contribution in [3.8, 4) is 5.75 Å². The second kappa shape index (κ2) is 10.5. The molecule has 1 aliphatic heterocycles. The third kappa shape index (κ3) is 6.01. The van der Waals surface area contributed by atoms with Crippen LogP contribution in [0.3, 0.4) is 0 Å². The molecule has 0 aliphatic carbocycles. The van der Waals surface area contributed by atoms with Gasteiger partial charge < -0.3 is 5.11 Å². The maximum Gasteiger partial charge on any atom is 0.126 e. The third-order valence-corrected chi connectivity index (χ3v) is 7.01. The predicted molar refractivity (Wildman–Crippen MR) is 129 cm³/mol. The van der Waals surface area contributed by atoms with Crippen molar-refractivity contribution in [2.75, 3.05) is 20.1 Å². The van der Waals surface area contributed by atoms with Crippen molar-refractivity contribution in [1.29, 1.82) is 0 Å². The Morgan fingerprint density at radius 1 is 1.09 bits per heavy atom. The lowest BCUT2D eigenvalue weighted by Gasteiger charge is -2.40. The summed E-state index contributed by atoms with van der Waals surface area (Å²) in [7, 11) is 4.12. The van der Waals surface area contributed by atoms with Crippen molar-refractivity contribution in [1.82, 2.24) is 19.6 Å². The Kier molecular flexibility index (Phi) is 7.46. The first kappa shape index (κ1) is 23.5. The molecule has 0 amide bonds. The number of rotatable bonds is 8. The molecule has 4 rings (SSSR count). The van der Waals surface area contributed by atoms with Gasteiger partial charge in [-0.25, -0.2) is 4.39 Å². The zero-order valence-electron chi connectivity index (χ0n) is 19.9. The van der Waals surface area contributed by atoms with Crippen molar-refractivity contribution >= 4 is 0 Å². The predicted octanol–water partition coefficient (Wildman–Crippen LogP) is 4.53. The fourth-order valence-corrected chi connectivity index (χ4v) is 5.12. The zero-order valence-corrected chi connectivity index (χ0v) is 19.9. The number of phenols is 1. The standard InChI is InChI=1S/C27H35FN4O/c1-20-24(19-31(3)29-20)18-30(2)27(16-23-6-4-5-7-26(23)28)22-12-14-32(15-13-22)17-21-8-10-25(33)11-9-21/h4-11,19,22,27,33H,12-18H2,1-3H3. The van der Waals surface area contributed by atoms with Gasteiger partial charge in [0, 0.05) is 37.9 Å². The highest BCUT2D eigenvalue weighted by molar-refractivity contribution is 5.26. The summed E-state index contributed by atoms with van der Waals surface area (Å²) in [4.78, 5) is 4.88. The number of aromatic hydroxyl groups is 1. The number of likely N-dealkylation sites (tertiary alicyclic amines) is 1. The van der Waals surface area contributed by atoms with Crippen LogP contribution in [0.4, 0.5) is 4.39 Å². The van der Waals surface area contributed by atoms with E-state index in [2.05, 4.69) is 35.1 Å². The number of phenolic OH excluding ortho intramolecular Hbond substituents is 1. The van der Waals surface area contributed by atoms with Gasteiger partial charge in [0.25, 0.3) is 0 Å². The van der Waals surface area contributed by atoms with E-state index in [-0.39, 0.29) is 11.9 Å². The SMILES string of the molecule is Cc1nn(C)cc1CN(C)C(Cc1ccccc1F)C1CCN(Cc2ccc(O)cc2)CC1. The van der Waals surface area contributed by atoms with Gasteiger partial charge in [-0.1, -0.05) is 30.3 Å². The molecule has 0 bridgehead atoms. The molecule has 2 heterocycles. The van der Waals surface area contributed by atoms with Gasteiger partial charge in [0.05, 0.1) is 5.69 Å². The molecule has 176 valence electrons. The summed E-state index contributed by atoms with van der Waals surface area (Å²) in [5.41, 5.74) is 4.29. The molecular formula is C27H35FN4O. The molecule has 1 fully saturated rings. The summed E-state index contributed by atoms with van der Waals surface area (Å²) >= 11 is 0. The molecular weight excluding hydrogens is 415 g/mol. The molecule has 1 aliphatic rings. The fraction of sp³-hybridized carbons (Fsp3) is 0.444. The molecule has 1 saturated heterocycles. The minimum Gasteiger partial charge on any atom is -0.508 e. The number of nitrogens with zero attached hydrogens (tertiary/aromatic N) is 4. The van der Waals surface area contributed by atoms with Crippen LogP contribution >= 0.6 is 0 Å². The molecule has 0 spiro atoms. The minimum absolute atomic E-state index is 0.113. The van der Waals surface area contributed by atoms with E-state index in [1.165, 1.54) is 11.1 Å². The number of aromatic nitrogens is 2. The Bertz CT molecular complexity index is 1040. The molecule has 1 N–H and O–H groups in total. The van der Waals surface area contributed by atoms with Crippen molar-refractivity contribution in [2.24, 2.45) is 13.0 Å². The number of halogens is 1. The Labute approximate surface area is 196 Å². The van der Waals surface area contributed by atoms with Crippen LogP contribution in [0.2, 0.25) is 0 Å². The van der Waals surface area contributed by atoms with E-state index >= 15 is 0 Å². The first-order valence-electron chi connectivity index (χ1n) is 11.8. The van der Waals surface area contributed by atoms with Gasteiger partial charge in [0.1, 0.15) is 11.6 Å². The molecule has 3 aromatic rings. The second-order valence-corrected chi connectivity index (χ2v) is 9.47. The monoisotopic (exact) mass is 450 g/mol. The van der Waals surface area contributed by atoms with Gasteiger partial charge in [-0.15, -0.1) is 0 Å². The van der Waals surface area contributed by atoms with E-state index in [1.54, 1.807) is 24.3 Å². The summed E-state index contributed by atoms with van der Waals surface area (Å²) in [6.45, 7) is 5.82. The summed E-state index contributed by atoms with van der Waals surface area (Å²) in [6.07, 6.45) is 4.98. The highest BCUT2D eigenvalue weighted by Gasteiger charge is 2.30. The number of aryl methyl sites for hydroxylation is 2. The van der Waals surface area contributed by atoms with E-state index in [1.807, 2.05) is 36.0 Å². The largest absolute Gasteiger partial charge is 0.508 e. The maximum atomic E-state index is 14.5. The number of hydrogen-bond acceptors (Lipinski definition) is 4. The molecule has 1 unspecified atom stereocenters. The third-order valence-electron chi connectivity index (χ3n) is 7.01. The number of benzene rings is 2.